The van der Waals surface area contributed by atoms with E-state index >= 15 is 0 Å². The minimum absolute atomic E-state index is 0.744. The predicted octanol–water partition coefficient (Wildman–Crippen LogP) is 5.08. The summed E-state index contributed by atoms with van der Waals surface area (Å²) in [6, 6.07) is 27.2. The normalized spacial score (nSPS) is 19.4. The molecule has 3 aromatic carbocycles. The SMILES string of the molecule is O=[S@]1(c2ccccc2)=NC(c2ccccc2)=Cc2ccccc21. The van der Waals surface area contributed by atoms with Crippen molar-refractivity contribution < 1.29 is 4.21 Å². The van der Waals surface area contributed by atoms with Gasteiger partial charge in [-0.05, 0) is 29.8 Å². The number of nitrogens with zero attached hydrogens (tertiary/aromatic N) is 1. The summed E-state index contributed by atoms with van der Waals surface area (Å²) in [4.78, 5) is 1.53. The Morgan fingerprint density at radius 3 is 2.04 bits per heavy atom. The lowest BCUT2D eigenvalue weighted by molar-refractivity contribution is 0.676. The molecule has 0 N–H and O–H groups in total. The van der Waals surface area contributed by atoms with Crippen molar-refractivity contribution >= 4 is 21.5 Å². The monoisotopic (exact) mass is 317 g/mol. The standard InChI is InChI=1S/C20H15NOS/c22-23(18-12-5-2-6-13-18)20-14-8-7-11-17(20)15-19(21-23)16-9-3-1-4-10-16/h1-15H/t23-/m0/s1. The van der Waals surface area contributed by atoms with E-state index in [1.165, 1.54) is 0 Å². The summed E-state index contributed by atoms with van der Waals surface area (Å²) in [5, 5.41) is 0. The van der Waals surface area contributed by atoms with Gasteiger partial charge in [-0.1, -0.05) is 66.7 Å². The molecule has 3 heteroatoms. The van der Waals surface area contributed by atoms with E-state index in [0.717, 1.165) is 26.6 Å². The molecule has 0 unspecified atom stereocenters. The van der Waals surface area contributed by atoms with Crippen molar-refractivity contribution in [2.24, 2.45) is 4.36 Å². The average Bonchev–Trinajstić information content (AvgIpc) is 2.63. The van der Waals surface area contributed by atoms with Crippen molar-refractivity contribution in [1.29, 1.82) is 0 Å². The maximum absolute atomic E-state index is 13.8. The predicted molar refractivity (Wildman–Crippen MR) is 94.3 cm³/mol. The van der Waals surface area contributed by atoms with Crippen LogP contribution in [-0.4, -0.2) is 4.21 Å². The van der Waals surface area contributed by atoms with Gasteiger partial charge in [-0.3, -0.25) is 0 Å². The maximum atomic E-state index is 13.8. The van der Waals surface area contributed by atoms with E-state index in [0.29, 0.717) is 0 Å². The molecule has 0 aliphatic carbocycles. The molecule has 3 aromatic rings. The Kier molecular flexibility index (Phi) is 3.36. The fourth-order valence-corrected chi connectivity index (χ4v) is 4.87. The Morgan fingerprint density at radius 1 is 0.696 bits per heavy atom. The fraction of sp³-hybridized carbons (Fsp3) is 0. The molecule has 1 aliphatic rings. The van der Waals surface area contributed by atoms with Crippen molar-refractivity contribution in [3.05, 3.63) is 96.1 Å². The van der Waals surface area contributed by atoms with Crippen LogP contribution in [0.2, 0.25) is 0 Å². The molecule has 0 amide bonds. The first-order valence-electron chi connectivity index (χ1n) is 7.46. The van der Waals surface area contributed by atoms with Crippen molar-refractivity contribution in [3.63, 3.8) is 0 Å². The summed E-state index contributed by atoms with van der Waals surface area (Å²) in [7, 11) is -2.67. The molecular weight excluding hydrogens is 302 g/mol. The molecule has 0 saturated heterocycles. The van der Waals surface area contributed by atoms with E-state index in [-0.39, 0.29) is 0 Å². The highest BCUT2D eigenvalue weighted by atomic mass is 32.2. The van der Waals surface area contributed by atoms with Crippen molar-refractivity contribution in [2.75, 3.05) is 0 Å². The summed E-state index contributed by atoms with van der Waals surface area (Å²) < 4.78 is 18.5. The number of benzene rings is 3. The molecule has 0 saturated carbocycles. The van der Waals surface area contributed by atoms with E-state index in [1.807, 2.05) is 91.0 Å². The highest BCUT2D eigenvalue weighted by Gasteiger charge is 2.23. The van der Waals surface area contributed by atoms with Crippen LogP contribution >= 0.6 is 0 Å². The largest absolute Gasteiger partial charge is 0.239 e. The van der Waals surface area contributed by atoms with E-state index in [9.17, 15) is 4.21 Å². The Labute approximate surface area is 136 Å². The third-order valence-corrected chi connectivity index (χ3v) is 6.20. The number of fused-ring (bicyclic) bond motifs is 1. The van der Waals surface area contributed by atoms with Gasteiger partial charge in [0.1, 0.15) is 9.73 Å². The van der Waals surface area contributed by atoms with Crippen LogP contribution < -0.4 is 0 Å². The maximum Gasteiger partial charge on any atom is 0.109 e. The molecule has 1 atom stereocenters. The zero-order valence-electron chi connectivity index (χ0n) is 12.4. The lowest BCUT2D eigenvalue weighted by atomic mass is 10.1. The van der Waals surface area contributed by atoms with Crippen LogP contribution in [0, 0.1) is 0 Å². The van der Waals surface area contributed by atoms with Gasteiger partial charge in [0.05, 0.1) is 15.5 Å². The topological polar surface area (TPSA) is 29.4 Å². The Hall–Kier alpha value is -2.65. The quantitative estimate of drug-likeness (QED) is 0.648. The Balaban J connectivity index is 2.03. The van der Waals surface area contributed by atoms with Crippen LogP contribution in [0.4, 0.5) is 0 Å². The molecule has 0 fully saturated rings. The molecule has 0 bridgehead atoms. The van der Waals surface area contributed by atoms with E-state index in [4.69, 9.17) is 0 Å². The van der Waals surface area contributed by atoms with Crippen LogP contribution in [0.1, 0.15) is 11.1 Å². The van der Waals surface area contributed by atoms with E-state index in [2.05, 4.69) is 4.36 Å². The second-order valence-corrected chi connectivity index (χ2v) is 7.51. The van der Waals surface area contributed by atoms with Crippen LogP contribution in [0.5, 0.6) is 0 Å². The van der Waals surface area contributed by atoms with Gasteiger partial charge in [0.25, 0.3) is 0 Å². The Morgan fingerprint density at radius 2 is 1.30 bits per heavy atom. The number of hydrogen-bond donors (Lipinski definition) is 0. The molecule has 0 spiro atoms. The highest BCUT2D eigenvalue weighted by Crippen LogP contribution is 2.36. The molecule has 1 heterocycles. The third-order valence-electron chi connectivity index (χ3n) is 3.87. The third kappa shape index (κ3) is 2.39. The molecule has 1 aliphatic heterocycles. The molecular formula is C20H15NOS. The molecule has 4 rings (SSSR count). The van der Waals surface area contributed by atoms with Crippen LogP contribution in [0.25, 0.3) is 11.8 Å². The number of rotatable bonds is 2. The smallest absolute Gasteiger partial charge is 0.109 e. The van der Waals surface area contributed by atoms with Crippen LogP contribution in [0.3, 0.4) is 0 Å². The lowest BCUT2D eigenvalue weighted by Crippen LogP contribution is -2.07. The Bertz CT molecular complexity index is 998. The van der Waals surface area contributed by atoms with Crippen LogP contribution in [-0.2, 0) is 9.73 Å². The summed E-state index contributed by atoms with van der Waals surface area (Å²) >= 11 is 0. The van der Waals surface area contributed by atoms with Gasteiger partial charge in [-0.15, -0.1) is 0 Å². The molecule has 23 heavy (non-hydrogen) atoms. The van der Waals surface area contributed by atoms with E-state index in [1.54, 1.807) is 0 Å². The van der Waals surface area contributed by atoms with Crippen molar-refractivity contribution in [2.45, 2.75) is 9.79 Å². The zero-order chi connectivity index (χ0) is 15.7. The molecule has 0 aromatic heterocycles. The minimum Gasteiger partial charge on any atom is -0.239 e. The first kappa shape index (κ1) is 14.0. The van der Waals surface area contributed by atoms with Gasteiger partial charge in [0, 0.05) is 5.56 Å². The second kappa shape index (κ2) is 5.52. The van der Waals surface area contributed by atoms with Gasteiger partial charge >= 0.3 is 0 Å². The number of hydrogen-bond acceptors (Lipinski definition) is 2. The van der Waals surface area contributed by atoms with E-state index < -0.39 is 9.73 Å². The van der Waals surface area contributed by atoms with Gasteiger partial charge in [-0.25, -0.2) is 4.21 Å². The average molecular weight is 317 g/mol. The molecule has 0 radical (unpaired) electrons. The summed E-state index contributed by atoms with van der Waals surface area (Å²) in [5.74, 6) is 0. The van der Waals surface area contributed by atoms with Crippen molar-refractivity contribution in [3.8, 4) is 0 Å². The fourth-order valence-electron chi connectivity index (χ4n) is 2.74. The van der Waals surface area contributed by atoms with Gasteiger partial charge in [0.15, 0.2) is 0 Å². The zero-order valence-corrected chi connectivity index (χ0v) is 13.2. The van der Waals surface area contributed by atoms with Gasteiger partial charge < -0.3 is 0 Å². The minimum atomic E-state index is -2.67. The molecule has 2 nitrogen and oxygen atoms in total. The summed E-state index contributed by atoms with van der Waals surface area (Å²) in [6.45, 7) is 0. The van der Waals surface area contributed by atoms with Gasteiger partial charge in [0.2, 0.25) is 0 Å². The highest BCUT2D eigenvalue weighted by molar-refractivity contribution is 7.94. The second-order valence-electron chi connectivity index (χ2n) is 5.36. The van der Waals surface area contributed by atoms with Gasteiger partial charge in [-0.2, -0.15) is 4.36 Å². The first-order valence-corrected chi connectivity index (χ1v) is 8.97. The summed E-state index contributed by atoms with van der Waals surface area (Å²) in [6.07, 6.45) is 2.01. The summed E-state index contributed by atoms with van der Waals surface area (Å²) in [5.41, 5.74) is 2.71. The van der Waals surface area contributed by atoms with Crippen LogP contribution in [0.15, 0.2) is 99.1 Å². The first-order chi connectivity index (χ1) is 11.3. The van der Waals surface area contributed by atoms with Crippen molar-refractivity contribution in [1.82, 2.24) is 0 Å². The molecule has 112 valence electrons. The lowest BCUT2D eigenvalue weighted by Gasteiger charge is -2.19.